The van der Waals surface area contributed by atoms with Crippen molar-refractivity contribution < 1.29 is 4.79 Å². The third kappa shape index (κ3) is 3.32. The lowest BCUT2D eigenvalue weighted by atomic mass is 10.2. The van der Waals surface area contributed by atoms with Crippen molar-refractivity contribution in [1.29, 1.82) is 0 Å². The fraction of sp³-hybridized carbons (Fsp3) is 0.300. The molecule has 0 atom stereocenters. The van der Waals surface area contributed by atoms with Crippen molar-refractivity contribution in [1.82, 2.24) is 0 Å². The van der Waals surface area contributed by atoms with Crippen LogP contribution in [0.15, 0.2) is 29.4 Å². The van der Waals surface area contributed by atoms with Gasteiger partial charge in [-0.1, -0.05) is 31.1 Å². The fourth-order valence-corrected chi connectivity index (χ4v) is 0.984. The molecular formula is C10H12N4O. The van der Waals surface area contributed by atoms with E-state index in [1.807, 2.05) is 13.8 Å². The van der Waals surface area contributed by atoms with Gasteiger partial charge in [0.2, 0.25) is 5.91 Å². The molecule has 0 aliphatic rings. The van der Waals surface area contributed by atoms with Gasteiger partial charge in [-0.2, -0.15) is 0 Å². The van der Waals surface area contributed by atoms with Crippen LogP contribution in [0.1, 0.15) is 13.8 Å². The maximum Gasteiger partial charge on any atom is 0.226 e. The topological polar surface area (TPSA) is 77.9 Å². The molecule has 0 heterocycles. The van der Waals surface area contributed by atoms with Crippen LogP contribution < -0.4 is 5.32 Å². The van der Waals surface area contributed by atoms with Crippen LogP contribution in [0.2, 0.25) is 0 Å². The van der Waals surface area contributed by atoms with Crippen LogP contribution in [-0.4, -0.2) is 5.91 Å². The summed E-state index contributed by atoms with van der Waals surface area (Å²) in [6.07, 6.45) is 0. The Balaban J connectivity index is 2.82. The number of benzene rings is 1. The number of nitrogens with one attached hydrogen (secondary N) is 1. The van der Waals surface area contributed by atoms with Gasteiger partial charge in [0, 0.05) is 22.2 Å². The van der Waals surface area contributed by atoms with E-state index in [0.717, 1.165) is 0 Å². The molecule has 0 saturated heterocycles. The lowest BCUT2D eigenvalue weighted by Gasteiger charge is -2.07. The average molecular weight is 204 g/mol. The van der Waals surface area contributed by atoms with Gasteiger partial charge in [-0.25, -0.2) is 0 Å². The summed E-state index contributed by atoms with van der Waals surface area (Å²) in [5.74, 6) is -0.138. The van der Waals surface area contributed by atoms with Crippen LogP contribution >= 0.6 is 0 Å². The molecule has 0 aliphatic carbocycles. The number of rotatable bonds is 3. The SMILES string of the molecule is CC(C)C(=O)Nc1cccc(N=[N+]=[N-])c1. The van der Waals surface area contributed by atoms with Gasteiger partial charge in [0.25, 0.3) is 0 Å². The number of amides is 1. The molecule has 1 N–H and O–H groups in total. The molecule has 5 heteroatoms. The lowest BCUT2D eigenvalue weighted by Crippen LogP contribution is -2.17. The van der Waals surface area contributed by atoms with Gasteiger partial charge in [0.15, 0.2) is 0 Å². The van der Waals surface area contributed by atoms with Crippen LogP contribution in [0.3, 0.4) is 0 Å². The number of hydrogen-bond acceptors (Lipinski definition) is 2. The van der Waals surface area contributed by atoms with Gasteiger partial charge in [0.05, 0.1) is 0 Å². The average Bonchev–Trinajstić information content (AvgIpc) is 2.18. The molecule has 5 nitrogen and oxygen atoms in total. The second kappa shape index (κ2) is 5.02. The van der Waals surface area contributed by atoms with E-state index in [9.17, 15) is 4.79 Å². The lowest BCUT2D eigenvalue weighted by molar-refractivity contribution is -0.118. The normalized spacial score (nSPS) is 9.53. The second-order valence-corrected chi connectivity index (χ2v) is 3.38. The first kappa shape index (κ1) is 11.1. The summed E-state index contributed by atoms with van der Waals surface area (Å²) in [4.78, 5) is 14.0. The molecule has 0 aliphatic heterocycles. The Kier molecular flexibility index (Phi) is 3.71. The zero-order valence-electron chi connectivity index (χ0n) is 8.64. The zero-order chi connectivity index (χ0) is 11.3. The molecule has 78 valence electrons. The molecule has 15 heavy (non-hydrogen) atoms. The van der Waals surface area contributed by atoms with Gasteiger partial charge in [-0.15, -0.1) is 0 Å². The molecule has 1 amide bonds. The molecule has 0 bridgehead atoms. The standard InChI is InChI=1S/C10H12N4O/c1-7(2)10(15)12-8-4-3-5-9(6-8)13-14-11/h3-7H,1-2H3,(H,12,15). The van der Waals surface area contributed by atoms with Crippen molar-refractivity contribution in [3.8, 4) is 0 Å². The van der Waals surface area contributed by atoms with Crippen molar-refractivity contribution in [3.63, 3.8) is 0 Å². The molecule has 0 spiro atoms. The van der Waals surface area contributed by atoms with Crippen molar-refractivity contribution >= 4 is 17.3 Å². The molecule has 1 rings (SSSR count). The summed E-state index contributed by atoms with van der Waals surface area (Å²) in [6, 6.07) is 6.77. The summed E-state index contributed by atoms with van der Waals surface area (Å²) in [5, 5.41) is 6.17. The highest BCUT2D eigenvalue weighted by Gasteiger charge is 2.06. The van der Waals surface area contributed by atoms with E-state index < -0.39 is 0 Å². The Morgan fingerprint density at radius 2 is 2.27 bits per heavy atom. The first-order valence-electron chi connectivity index (χ1n) is 4.59. The van der Waals surface area contributed by atoms with Crippen molar-refractivity contribution in [3.05, 3.63) is 34.7 Å². The Morgan fingerprint density at radius 3 is 2.87 bits per heavy atom. The molecule has 0 aromatic heterocycles. The molecule has 0 unspecified atom stereocenters. The summed E-state index contributed by atoms with van der Waals surface area (Å²) >= 11 is 0. The number of azide groups is 1. The van der Waals surface area contributed by atoms with Crippen LogP contribution in [0.5, 0.6) is 0 Å². The molecule has 0 radical (unpaired) electrons. The number of carbonyl (C=O) groups excluding carboxylic acids is 1. The molecule has 1 aromatic rings. The van der Waals surface area contributed by atoms with E-state index in [0.29, 0.717) is 11.4 Å². The van der Waals surface area contributed by atoms with E-state index in [-0.39, 0.29) is 11.8 Å². The molecule has 1 aromatic carbocycles. The minimum Gasteiger partial charge on any atom is -0.326 e. The second-order valence-electron chi connectivity index (χ2n) is 3.38. The Hall–Kier alpha value is -2.00. The molecular weight excluding hydrogens is 192 g/mol. The highest BCUT2D eigenvalue weighted by molar-refractivity contribution is 5.92. The van der Waals surface area contributed by atoms with Gasteiger partial charge >= 0.3 is 0 Å². The van der Waals surface area contributed by atoms with Gasteiger partial charge in [-0.3, -0.25) is 4.79 Å². The number of hydrogen-bond donors (Lipinski definition) is 1. The number of nitrogens with zero attached hydrogens (tertiary/aromatic N) is 3. The Labute approximate surface area is 87.7 Å². The Morgan fingerprint density at radius 1 is 1.53 bits per heavy atom. The third-order valence-corrected chi connectivity index (χ3v) is 1.80. The predicted octanol–water partition coefficient (Wildman–Crippen LogP) is 3.22. The summed E-state index contributed by atoms with van der Waals surface area (Å²) in [5.41, 5.74) is 9.37. The molecule has 0 saturated carbocycles. The fourth-order valence-electron chi connectivity index (χ4n) is 0.984. The predicted molar refractivity (Wildman–Crippen MR) is 58.7 cm³/mol. The van der Waals surface area contributed by atoms with E-state index in [4.69, 9.17) is 5.53 Å². The largest absolute Gasteiger partial charge is 0.326 e. The van der Waals surface area contributed by atoms with Gasteiger partial charge < -0.3 is 5.32 Å². The van der Waals surface area contributed by atoms with Crippen LogP contribution in [-0.2, 0) is 4.79 Å². The Bertz CT molecular complexity index is 408. The van der Waals surface area contributed by atoms with E-state index in [1.165, 1.54) is 0 Å². The summed E-state index contributed by atoms with van der Waals surface area (Å²) < 4.78 is 0. The summed E-state index contributed by atoms with van der Waals surface area (Å²) in [7, 11) is 0. The van der Waals surface area contributed by atoms with Crippen molar-refractivity contribution in [2.75, 3.05) is 5.32 Å². The maximum atomic E-state index is 11.4. The first-order chi connectivity index (χ1) is 7.13. The van der Waals surface area contributed by atoms with E-state index in [2.05, 4.69) is 15.3 Å². The first-order valence-corrected chi connectivity index (χ1v) is 4.59. The van der Waals surface area contributed by atoms with Crippen molar-refractivity contribution in [2.24, 2.45) is 11.0 Å². The monoisotopic (exact) mass is 204 g/mol. The quantitative estimate of drug-likeness (QED) is 0.458. The van der Waals surface area contributed by atoms with Crippen molar-refractivity contribution in [2.45, 2.75) is 13.8 Å². The zero-order valence-corrected chi connectivity index (χ0v) is 8.64. The minimum absolute atomic E-state index is 0.0620. The van der Waals surface area contributed by atoms with Crippen LogP contribution in [0.25, 0.3) is 10.4 Å². The van der Waals surface area contributed by atoms with Crippen LogP contribution in [0, 0.1) is 5.92 Å². The number of anilines is 1. The third-order valence-electron chi connectivity index (χ3n) is 1.80. The minimum atomic E-state index is -0.0758. The number of carbonyl (C=O) groups is 1. The van der Waals surface area contributed by atoms with E-state index in [1.54, 1.807) is 24.3 Å². The maximum absolute atomic E-state index is 11.4. The smallest absolute Gasteiger partial charge is 0.226 e. The summed E-state index contributed by atoms with van der Waals surface area (Å²) in [6.45, 7) is 3.62. The van der Waals surface area contributed by atoms with E-state index >= 15 is 0 Å². The highest BCUT2D eigenvalue weighted by Crippen LogP contribution is 2.18. The highest BCUT2D eigenvalue weighted by atomic mass is 16.1. The van der Waals surface area contributed by atoms with Gasteiger partial charge in [-0.05, 0) is 17.7 Å². The molecule has 0 fully saturated rings. The van der Waals surface area contributed by atoms with Gasteiger partial charge in [0.1, 0.15) is 0 Å². The van der Waals surface area contributed by atoms with Crippen LogP contribution in [0.4, 0.5) is 11.4 Å².